The fourth-order valence-corrected chi connectivity index (χ4v) is 3.54. The number of likely N-dealkylation sites (N-methyl/N-ethyl adjacent to an activating group) is 1. The molecule has 1 aromatic heterocycles. The van der Waals surface area contributed by atoms with Crippen molar-refractivity contribution in [2.24, 2.45) is 0 Å². The Morgan fingerprint density at radius 1 is 1.00 bits per heavy atom. The smallest absolute Gasteiger partial charge is 0.0991 e. The second kappa shape index (κ2) is 6.62. The molecule has 1 unspecified atom stereocenters. The van der Waals surface area contributed by atoms with Gasteiger partial charge in [0.15, 0.2) is 0 Å². The van der Waals surface area contributed by atoms with E-state index in [2.05, 4.69) is 70.6 Å². The molecule has 0 radical (unpaired) electrons. The summed E-state index contributed by atoms with van der Waals surface area (Å²) in [5, 5.41) is 20.6. The number of aromatic nitrogens is 2. The molecule has 128 valence electrons. The third-order valence-corrected chi connectivity index (χ3v) is 5.03. The summed E-state index contributed by atoms with van der Waals surface area (Å²) in [5.74, 6) is 0. The lowest BCUT2D eigenvalue weighted by atomic mass is 9.97. The zero-order chi connectivity index (χ0) is 18.1. The Morgan fingerprint density at radius 3 is 2.58 bits per heavy atom. The van der Waals surface area contributed by atoms with Crippen molar-refractivity contribution in [3.63, 3.8) is 0 Å². The van der Waals surface area contributed by atoms with E-state index in [9.17, 15) is 0 Å². The lowest BCUT2D eigenvalue weighted by Crippen LogP contribution is -2.33. The molecule has 0 aliphatic carbocycles. The molecule has 4 nitrogen and oxygen atoms in total. The highest BCUT2D eigenvalue weighted by Crippen LogP contribution is 2.29. The van der Waals surface area contributed by atoms with Gasteiger partial charge in [-0.15, -0.1) is 0 Å². The second-order valence-corrected chi connectivity index (χ2v) is 6.60. The van der Waals surface area contributed by atoms with Gasteiger partial charge >= 0.3 is 0 Å². The number of hydrogen-bond donors (Lipinski definition) is 1. The Morgan fingerprint density at radius 2 is 1.81 bits per heavy atom. The maximum Gasteiger partial charge on any atom is 0.0991 e. The summed E-state index contributed by atoms with van der Waals surface area (Å²) in [6.45, 7) is 2.16. The molecule has 0 spiro atoms. The summed E-state index contributed by atoms with van der Waals surface area (Å²) in [7, 11) is 1.97. The van der Waals surface area contributed by atoms with E-state index < -0.39 is 0 Å². The van der Waals surface area contributed by atoms with Crippen LogP contribution >= 0.6 is 0 Å². The van der Waals surface area contributed by atoms with Gasteiger partial charge in [-0.25, -0.2) is 0 Å². The Hall–Kier alpha value is -3.16. The lowest BCUT2D eigenvalue weighted by molar-refractivity contribution is 0.419. The lowest BCUT2D eigenvalue weighted by Gasteiger charge is -2.26. The van der Waals surface area contributed by atoms with Crippen LogP contribution in [0.25, 0.3) is 21.7 Å². The number of hydrogen-bond acceptors (Lipinski definition) is 3. The summed E-state index contributed by atoms with van der Waals surface area (Å²) in [6, 6.07) is 23.1. The van der Waals surface area contributed by atoms with Crippen LogP contribution in [-0.4, -0.2) is 22.9 Å². The molecule has 3 aromatic carbocycles. The van der Waals surface area contributed by atoms with Gasteiger partial charge in [0.05, 0.1) is 29.4 Å². The normalized spacial score (nSPS) is 13.6. The monoisotopic (exact) mass is 340 g/mol. The van der Waals surface area contributed by atoms with Crippen molar-refractivity contribution in [2.75, 3.05) is 7.05 Å². The third-order valence-electron chi connectivity index (χ3n) is 5.03. The number of fused-ring (bicyclic) bond motifs is 2. The van der Waals surface area contributed by atoms with Crippen LogP contribution < -0.4 is 5.32 Å². The van der Waals surface area contributed by atoms with Crippen molar-refractivity contribution < 1.29 is 0 Å². The maximum absolute atomic E-state index is 9.13. The van der Waals surface area contributed by atoms with Crippen LogP contribution in [0.1, 0.15) is 24.1 Å². The first kappa shape index (κ1) is 16.3. The minimum Gasteiger partial charge on any atom is -0.315 e. The molecule has 0 bridgehead atoms. The average molecular weight is 340 g/mol. The average Bonchev–Trinajstić information content (AvgIpc) is 3.10. The molecule has 0 fully saturated rings. The molecule has 0 saturated carbocycles. The van der Waals surface area contributed by atoms with E-state index in [1.165, 1.54) is 16.3 Å². The summed E-state index contributed by atoms with van der Waals surface area (Å²) < 4.78 is 2.06. The highest BCUT2D eigenvalue weighted by molar-refractivity contribution is 5.83. The summed E-state index contributed by atoms with van der Waals surface area (Å²) in [6.07, 6.45) is 1.84. The van der Waals surface area contributed by atoms with Gasteiger partial charge in [-0.05, 0) is 54.6 Å². The number of nitrogens with zero attached hydrogens (tertiary/aromatic N) is 3. The van der Waals surface area contributed by atoms with Crippen molar-refractivity contribution in [1.29, 1.82) is 5.26 Å². The Bertz CT molecular complexity index is 1120. The molecular weight excluding hydrogens is 320 g/mol. The molecule has 26 heavy (non-hydrogen) atoms. The van der Waals surface area contributed by atoms with Gasteiger partial charge in [0.2, 0.25) is 0 Å². The van der Waals surface area contributed by atoms with Gasteiger partial charge in [0.1, 0.15) is 0 Å². The summed E-state index contributed by atoms with van der Waals surface area (Å²) in [4.78, 5) is 0. The predicted molar refractivity (Wildman–Crippen MR) is 105 cm³/mol. The zero-order valence-corrected chi connectivity index (χ0v) is 14.8. The van der Waals surface area contributed by atoms with Crippen LogP contribution in [0, 0.1) is 11.3 Å². The summed E-state index contributed by atoms with van der Waals surface area (Å²) in [5.41, 5.74) is 2.89. The first-order valence-electron chi connectivity index (χ1n) is 8.74. The van der Waals surface area contributed by atoms with Crippen LogP contribution in [0.3, 0.4) is 0 Å². The largest absolute Gasteiger partial charge is 0.315 e. The van der Waals surface area contributed by atoms with Crippen molar-refractivity contribution in [2.45, 2.75) is 19.0 Å². The zero-order valence-electron chi connectivity index (χ0n) is 14.8. The van der Waals surface area contributed by atoms with Crippen LogP contribution in [0.4, 0.5) is 0 Å². The van der Waals surface area contributed by atoms with Gasteiger partial charge in [-0.2, -0.15) is 10.4 Å². The molecule has 0 saturated heterocycles. The standard InChI is InChI=1S/C22H20N4/c1-15(24-2)22(19-9-8-17-5-3-4-6-18(17)12-19)26-21-10-7-16(13-23)11-20(21)14-25-26/h3-12,14-15,22,24H,1-2H3/t15-,22?/m1/s1. The molecule has 4 rings (SSSR count). The molecule has 4 aromatic rings. The first-order valence-corrected chi connectivity index (χ1v) is 8.74. The van der Waals surface area contributed by atoms with Gasteiger partial charge < -0.3 is 5.32 Å². The fourth-order valence-electron chi connectivity index (χ4n) is 3.54. The Balaban J connectivity index is 1.88. The predicted octanol–water partition coefficient (Wildman–Crippen LogP) is 4.26. The number of nitriles is 1. The molecule has 0 aliphatic heterocycles. The number of benzene rings is 3. The van der Waals surface area contributed by atoms with E-state index in [4.69, 9.17) is 5.26 Å². The minimum atomic E-state index is 0.0510. The Kier molecular flexibility index (Phi) is 4.16. The Labute approximate surface area is 152 Å². The van der Waals surface area contributed by atoms with Crippen LogP contribution in [0.15, 0.2) is 66.9 Å². The summed E-state index contributed by atoms with van der Waals surface area (Å²) >= 11 is 0. The highest BCUT2D eigenvalue weighted by Gasteiger charge is 2.23. The number of rotatable bonds is 4. The first-order chi connectivity index (χ1) is 12.7. The SMILES string of the molecule is CN[C@H](C)C(c1ccc2ccccc2c1)n1ncc2cc(C#N)ccc21. The van der Waals surface area contributed by atoms with E-state index in [1.807, 2.05) is 31.4 Å². The molecule has 2 atom stereocenters. The van der Waals surface area contributed by atoms with Gasteiger partial charge in [-0.3, -0.25) is 4.68 Å². The molecule has 4 heteroatoms. The quantitative estimate of drug-likeness (QED) is 0.604. The van der Waals surface area contributed by atoms with E-state index >= 15 is 0 Å². The van der Waals surface area contributed by atoms with E-state index in [0.29, 0.717) is 5.56 Å². The number of nitrogens with one attached hydrogen (secondary N) is 1. The molecular formula is C22H20N4. The molecule has 0 amide bonds. The van der Waals surface area contributed by atoms with Gasteiger partial charge in [0, 0.05) is 11.4 Å². The van der Waals surface area contributed by atoms with Crippen molar-refractivity contribution in [3.8, 4) is 6.07 Å². The van der Waals surface area contributed by atoms with E-state index in [0.717, 1.165) is 10.9 Å². The van der Waals surface area contributed by atoms with Crippen LogP contribution in [-0.2, 0) is 0 Å². The highest BCUT2D eigenvalue weighted by atomic mass is 15.3. The third kappa shape index (κ3) is 2.73. The van der Waals surface area contributed by atoms with E-state index in [-0.39, 0.29) is 12.1 Å². The van der Waals surface area contributed by atoms with Crippen LogP contribution in [0.2, 0.25) is 0 Å². The maximum atomic E-state index is 9.13. The van der Waals surface area contributed by atoms with Crippen molar-refractivity contribution in [1.82, 2.24) is 15.1 Å². The molecule has 0 aliphatic rings. The van der Waals surface area contributed by atoms with Crippen LogP contribution in [0.5, 0.6) is 0 Å². The molecule has 1 N–H and O–H groups in total. The van der Waals surface area contributed by atoms with Crippen molar-refractivity contribution >= 4 is 21.7 Å². The van der Waals surface area contributed by atoms with E-state index in [1.54, 1.807) is 0 Å². The second-order valence-electron chi connectivity index (χ2n) is 6.60. The van der Waals surface area contributed by atoms with Gasteiger partial charge in [0.25, 0.3) is 0 Å². The topological polar surface area (TPSA) is 53.6 Å². The van der Waals surface area contributed by atoms with Crippen molar-refractivity contribution in [3.05, 3.63) is 78.0 Å². The van der Waals surface area contributed by atoms with Gasteiger partial charge in [-0.1, -0.05) is 36.4 Å². The molecule has 1 heterocycles. The minimum absolute atomic E-state index is 0.0510. The fraction of sp³-hybridized carbons (Fsp3) is 0.182.